The molecule has 0 amide bonds. The van der Waals surface area contributed by atoms with Gasteiger partial charge in [0.15, 0.2) is 12.2 Å². The minimum absolute atomic E-state index is 0.107. The molecule has 0 aliphatic heterocycles. The van der Waals surface area contributed by atoms with Crippen LogP contribution in [0.4, 0.5) is 0 Å². The summed E-state index contributed by atoms with van der Waals surface area (Å²) in [6.45, 7) is 9.64. The molecule has 0 aliphatic rings. The molecule has 0 bridgehead atoms. The van der Waals surface area contributed by atoms with Crippen LogP contribution in [0.15, 0.2) is 0 Å². The number of carbonyl (C=O) groups excluding carboxylic acids is 4. The molecule has 0 radical (unpaired) electrons. The van der Waals surface area contributed by atoms with Gasteiger partial charge >= 0.3 is 39.5 Å². The van der Waals surface area contributed by atoms with Crippen molar-refractivity contribution in [3.63, 3.8) is 0 Å². The Morgan fingerprint density at radius 2 is 0.543 bits per heavy atom. The first-order chi connectivity index (χ1) is 45.4. The van der Waals surface area contributed by atoms with Crippen molar-refractivity contribution >= 4 is 39.5 Å². The molecular weight excluding hydrogens is 1230 g/mol. The molecule has 0 saturated heterocycles. The summed E-state index contributed by atoms with van der Waals surface area (Å²) in [6.07, 6.45) is 54.0. The van der Waals surface area contributed by atoms with Crippen molar-refractivity contribution in [1.29, 1.82) is 0 Å². The highest BCUT2D eigenvalue weighted by Crippen LogP contribution is 2.45. The molecule has 0 heterocycles. The number of hydrogen-bond donors (Lipinski definition) is 3. The third kappa shape index (κ3) is 67.3. The zero-order valence-electron chi connectivity index (χ0n) is 61.3. The summed E-state index contributed by atoms with van der Waals surface area (Å²) in [6, 6.07) is 0. The Labute approximate surface area is 575 Å². The molecule has 0 saturated carbocycles. The second-order valence-corrected chi connectivity index (χ2v) is 30.7. The number of esters is 4. The Morgan fingerprint density at radius 1 is 0.309 bits per heavy atom. The van der Waals surface area contributed by atoms with Crippen molar-refractivity contribution < 1.29 is 80.2 Å². The van der Waals surface area contributed by atoms with Gasteiger partial charge in [0.1, 0.15) is 19.3 Å². The second-order valence-electron chi connectivity index (χ2n) is 27.8. The van der Waals surface area contributed by atoms with Gasteiger partial charge in [-0.05, 0) is 37.5 Å². The van der Waals surface area contributed by atoms with E-state index in [9.17, 15) is 43.2 Å². The molecule has 0 aliphatic carbocycles. The van der Waals surface area contributed by atoms with Gasteiger partial charge in [-0.15, -0.1) is 0 Å². The summed E-state index contributed by atoms with van der Waals surface area (Å²) < 4.78 is 68.4. The molecule has 94 heavy (non-hydrogen) atoms. The first kappa shape index (κ1) is 92.1. The maximum Gasteiger partial charge on any atom is 0.472 e. The molecular formula is C75H146O17P2. The van der Waals surface area contributed by atoms with E-state index in [1.807, 2.05) is 0 Å². The molecule has 0 aromatic rings. The fraction of sp³-hybridized carbons (Fsp3) is 0.947. The van der Waals surface area contributed by atoms with Gasteiger partial charge in [0.05, 0.1) is 26.4 Å². The van der Waals surface area contributed by atoms with Crippen LogP contribution in [0.25, 0.3) is 0 Å². The minimum Gasteiger partial charge on any atom is -0.462 e. The molecule has 3 unspecified atom stereocenters. The van der Waals surface area contributed by atoms with Gasteiger partial charge in [-0.2, -0.15) is 0 Å². The number of unbranched alkanes of at least 4 members (excludes halogenated alkanes) is 43. The number of carbonyl (C=O) groups is 4. The minimum atomic E-state index is -4.96. The Balaban J connectivity index is 5.22. The summed E-state index contributed by atoms with van der Waals surface area (Å²) in [4.78, 5) is 72.7. The third-order valence-electron chi connectivity index (χ3n) is 17.8. The highest BCUT2D eigenvalue weighted by molar-refractivity contribution is 7.47. The number of aliphatic hydroxyl groups excluding tert-OH is 1. The van der Waals surface area contributed by atoms with E-state index in [4.69, 9.17) is 37.0 Å². The van der Waals surface area contributed by atoms with Crippen molar-refractivity contribution in [3.05, 3.63) is 0 Å². The van der Waals surface area contributed by atoms with E-state index in [0.29, 0.717) is 25.7 Å². The topological polar surface area (TPSA) is 237 Å². The number of aliphatic hydroxyl groups is 1. The highest BCUT2D eigenvalue weighted by Gasteiger charge is 2.30. The van der Waals surface area contributed by atoms with Crippen LogP contribution in [-0.2, 0) is 65.4 Å². The summed E-state index contributed by atoms with van der Waals surface area (Å²) in [5.41, 5.74) is 0. The molecule has 19 heteroatoms. The van der Waals surface area contributed by atoms with Crippen LogP contribution in [0.2, 0.25) is 0 Å². The highest BCUT2D eigenvalue weighted by atomic mass is 31.2. The van der Waals surface area contributed by atoms with Gasteiger partial charge in [-0.25, -0.2) is 9.13 Å². The van der Waals surface area contributed by atoms with Crippen molar-refractivity contribution in [3.8, 4) is 0 Å². The maximum atomic E-state index is 13.1. The molecule has 17 nitrogen and oxygen atoms in total. The van der Waals surface area contributed by atoms with Gasteiger partial charge < -0.3 is 33.8 Å². The third-order valence-corrected chi connectivity index (χ3v) is 19.7. The molecule has 0 fully saturated rings. The van der Waals surface area contributed by atoms with E-state index >= 15 is 0 Å². The van der Waals surface area contributed by atoms with E-state index in [-0.39, 0.29) is 25.7 Å². The first-order valence-corrected chi connectivity index (χ1v) is 42.0. The number of rotatable bonds is 74. The van der Waals surface area contributed by atoms with E-state index in [1.54, 1.807) is 0 Å². The quantitative estimate of drug-likeness (QED) is 0.0222. The Hall–Kier alpha value is -1.94. The monoisotopic (exact) mass is 1380 g/mol. The zero-order valence-corrected chi connectivity index (χ0v) is 63.1. The lowest BCUT2D eigenvalue weighted by molar-refractivity contribution is -0.161. The van der Waals surface area contributed by atoms with Crippen molar-refractivity contribution in [2.24, 2.45) is 11.8 Å². The molecule has 3 N–H and O–H groups in total. The van der Waals surface area contributed by atoms with Crippen LogP contribution in [0.3, 0.4) is 0 Å². The summed E-state index contributed by atoms with van der Waals surface area (Å²) in [7, 11) is -9.90. The first-order valence-electron chi connectivity index (χ1n) is 39.0. The maximum absolute atomic E-state index is 13.1. The van der Waals surface area contributed by atoms with Crippen molar-refractivity contribution in [2.45, 2.75) is 407 Å². The van der Waals surface area contributed by atoms with Crippen molar-refractivity contribution in [2.75, 3.05) is 39.6 Å². The van der Waals surface area contributed by atoms with Gasteiger partial charge in [0, 0.05) is 25.7 Å². The van der Waals surface area contributed by atoms with E-state index in [1.165, 1.54) is 199 Å². The van der Waals surface area contributed by atoms with E-state index < -0.39 is 97.5 Å². The molecule has 558 valence electrons. The van der Waals surface area contributed by atoms with Crippen LogP contribution in [0.5, 0.6) is 0 Å². The Morgan fingerprint density at radius 3 is 0.809 bits per heavy atom. The number of phosphoric acid groups is 2. The fourth-order valence-electron chi connectivity index (χ4n) is 11.4. The lowest BCUT2D eigenvalue weighted by Gasteiger charge is -2.21. The SMILES string of the molecule is CCCCCCCCCCCCCCC(=O)O[C@H](COC(=O)CCCCCCCCCC)COP(=O)(O)OC[C@H](O)COP(=O)(O)OC[C@@H](COC(=O)CCCCCCCCCCCCCCCC(C)C)OC(=O)CCCCCCCCCCCCCCCCC(C)CC. The average molecular weight is 1380 g/mol. The van der Waals surface area contributed by atoms with Gasteiger partial charge in [0.25, 0.3) is 0 Å². The van der Waals surface area contributed by atoms with Crippen LogP contribution >= 0.6 is 15.6 Å². The summed E-state index contributed by atoms with van der Waals surface area (Å²) >= 11 is 0. The smallest absolute Gasteiger partial charge is 0.462 e. The van der Waals surface area contributed by atoms with Crippen LogP contribution < -0.4 is 0 Å². The van der Waals surface area contributed by atoms with Gasteiger partial charge in [-0.1, -0.05) is 337 Å². The van der Waals surface area contributed by atoms with Crippen LogP contribution in [0, 0.1) is 11.8 Å². The van der Waals surface area contributed by atoms with Crippen LogP contribution in [0.1, 0.15) is 388 Å². The van der Waals surface area contributed by atoms with E-state index in [0.717, 1.165) is 108 Å². The molecule has 0 rings (SSSR count). The Bertz CT molecular complexity index is 1820. The molecule has 0 aromatic heterocycles. The number of phosphoric ester groups is 2. The average Bonchev–Trinajstić information content (AvgIpc) is 1.52. The molecule has 6 atom stereocenters. The fourth-order valence-corrected chi connectivity index (χ4v) is 13.0. The number of hydrogen-bond acceptors (Lipinski definition) is 15. The lowest BCUT2D eigenvalue weighted by atomic mass is 9.99. The van der Waals surface area contributed by atoms with Crippen LogP contribution in [-0.4, -0.2) is 96.7 Å². The normalized spacial score (nSPS) is 14.3. The summed E-state index contributed by atoms with van der Waals surface area (Å²) in [5.74, 6) is -0.481. The van der Waals surface area contributed by atoms with Gasteiger partial charge in [-0.3, -0.25) is 37.3 Å². The van der Waals surface area contributed by atoms with Gasteiger partial charge in [0.2, 0.25) is 0 Å². The predicted molar refractivity (Wildman–Crippen MR) is 381 cm³/mol. The Kier molecular flexibility index (Phi) is 65.5. The standard InChI is InChI=1S/C75H146O17P2/c1-7-10-12-14-16-18-19-29-35-41-47-53-59-74(79)91-70(63-85-72(77)57-51-45-39-17-15-13-11-8-2)65-89-93(81,82)87-61-69(76)62-88-94(83,84)90-66-71(64-86-73(78)58-52-46-40-34-30-26-22-23-27-32-37-43-49-55-67(4)5)92-75(80)60-54-48-42-36-31-25-21-20-24-28-33-38-44-50-56-68(6)9-3/h67-71,76H,7-66H2,1-6H3,(H,81,82)(H,83,84)/t68?,69-,70+,71+/m0/s1. The number of ether oxygens (including phenoxy) is 4. The lowest BCUT2D eigenvalue weighted by Crippen LogP contribution is -2.30. The molecule has 0 aromatic carbocycles. The predicted octanol–water partition coefficient (Wildman–Crippen LogP) is 21.9. The van der Waals surface area contributed by atoms with E-state index in [2.05, 4.69) is 41.5 Å². The summed E-state index contributed by atoms with van der Waals surface area (Å²) in [5, 5.41) is 10.6. The largest absolute Gasteiger partial charge is 0.472 e. The second kappa shape index (κ2) is 66.9. The molecule has 0 spiro atoms. The zero-order chi connectivity index (χ0) is 69.3. The van der Waals surface area contributed by atoms with Crippen molar-refractivity contribution in [1.82, 2.24) is 0 Å².